The smallest absolute Gasteiger partial charge is 0.270 e. The Kier molecular flexibility index (Phi) is 3.55. The second kappa shape index (κ2) is 3.58. The second-order valence-corrected chi connectivity index (χ2v) is 6.98. The fourth-order valence-electron chi connectivity index (χ4n) is 1.37. The van der Waals surface area contributed by atoms with Crippen molar-refractivity contribution in [3.63, 3.8) is 0 Å². The molecule has 1 N–H and O–H groups in total. The molecule has 3 nitrogen and oxygen atoms in total. The Morgan fingerprint density at radius 3 is 1.77 bits per heavy atom. The molecule has 0 bridgehead atoms. The first-order chi connectivity index (χ1) is 5.52. The quantitative estimate of drug-likeness (QED) is 0.722. The molecule has 0 unspecified atom stereocenters. The van der Waals surface area contributed by atoms with E-state index in [1.807, 2.05) is 20.8 Å². The van der Waals surface area contributed by atoms with Crippen LogP contribution < -0.4 is 0 Å². The molecule has 0 aliphatic rings. The molecule has 0 saturated heterocycles. The molecule has 0 spiro atoms. The third-order valence-electron chi connectivity index (χ3n) is 2.56. The number of hydrogen-bond acceptors (Lipinski definition) is 2. The van der Waals surface area contributed by atoms with Gasteiger partial charge in [0, 0.05) is 0 Å². The van der Waals surface area contributed by atoms with Crippen LogP contribution in [0.5, 0.6) is 0 Å². The summed E-state index contributed by atoms with van der Waals surface area (Å²) < 4.78 is 29.9. The fraction of sp³-hybridized carbons (Fsp3) is 1.00. The largest absolute Gasteiger partial charge is 0.285 e. The van der Waals surface area contributed by atoms with E-state index in [0.717, 1.165) is 6.42 Å². The topological polar surface area (TPSA) is 54.4 Å². The van der Waals surface area contributed by atoms with Gasteiger partial charge in [0.15, 0.2) is 0 Å². The van der Waals surface area contributed by atoms with Crippen molar-refractivity contribution in [2.45, 2.75) is 52.2 Å². The maximum Gasteiger partial charge on any atom is 0.270 e. The molecule has 0 atom stereocenters. The Hall–Kier alpha value is -0.0900. The van der Waals surface area contributed by atoms with E-state index in [0.29, 0.717) is 6.42 Å². The Balaban J connectivity index is 4.72. The van der Waals surface area contributed by atoms with Gasteiger partial charge in [0.2, 0.25) is 0 Å². The SMILES string of the molecule is CCC(C)(C)CC(C)(C)S(=O)(=O)O. The zero-order valence-corrected chi connectivity index (χ0v) is 9.90. The molecule has 0 saturated carbocycles. The average Bonchev–Trinajstić information content (AvgIpc) is 1.83. The summed E-state index contributed by atoms with van der Waals surface area (Å²) in [6, 6.07) is 0. The summed E-state index contributed by atoms with van der Waals surface area (Å²) in [7, 11) is -3.95. The van der Waals surface area contributed by atoms with Gasteiger partial charge in [-0.3, -0.25) is 4.55 Å². The Labute approximate surface area is 81.3 Å². The molecule has 0 aromatic rings. The summed E-state index contributed by atoms with van der Waals surface area (Å²) >= 11 is 0. The van der Waals surface area contributed by atoms with Crippen LogP contribution in [0, 0.1) is 5.41 Å². The van der Waals surface area contributed by atoms with E-state index in [1.165, 1.54) is 0 Å². The highest BCUT2D eigenvalue weighted by atomic mass is 32.2. The van der Waals surface area contributed by atoms with Gasteiger partial charge >= 0.3 is 0 Å². The van der Waals surface area contributed by atoms with Crippen molar-refractivity contribution >= 4 is 10.1 Å². The zero-order chi connectivity index (χ0) is 10.9. The van der Waals surface area contributed by atoms with Crippen molar-refractivity contribution in [3.8, 4) is 0 Å². The van der Waals surface area contributed by atoms with Crippen molar-refractivity contribution in [2.24, 2.45) is 5.41 Å². The van der Waals surface area contributed by atoms with Crippen LogP contribution in [0.15, 0.2) is 0 Å². The van der Waals surface area contributed by atoms with Crippen molar-refractivity contribution in [3.05, 3.63) is 0 Å². The molecule has 0 fully saturated rings. The molecule has 0 rings (SSSR count). The number of rotatable bonds is 4. The summed E-state index contributed by atoms with van der Waals surface area (Å²) in [6.07, 6.45) is 1.36. The van der Waals surface area contributed by atoms with Gasteiger partial charge in [0.1, 0.15) is 0 Å². The molecule has 0 aliphatic carbocycles. The third kappa shape index (κ3) is 3.65. The lowest BCUT2D eigenvalue weighted by atomic mass is 9.81. The van der Waals surface area contributed by atoms with Crippen LogP contribution in [-0.4, -0.2) is 17.7 Å². The molecule has 0 aromatic carbocycles. The van der Waals surface area contributed by atoms with Crippen molar-refractivity contribution in [2.75, 3.05) is 0 Å². The van der Waals surface area contributed by atoms with Crippen LogP contribution in [0.4, 0.5) is 0 Å². The van der Waals surface area contributed by atoms with Crippen molar-refractivity contribution in [1.29, 1.82) is 0 Å². The van der Waals surface area contributed by atoms with E-state index in [1.54, 1.807) is 13.8 Å². The van der Waals surface area contributed by atoms with Gasteiger partial charge in [0.25, 0.3) is 10.1 Å². The fourth-order valence-corrected chi connectivity index (χ4v) is 1.94. The maximum absolute atomic E-state index is 11.0. The van der Waals surface area contributed by atoms with E-state index in [2.05, 4.69) is 0 Å². The van der Waals surface area contributed by atoms with Crippen LogP contribution in [0.3, 0.4) is 0 Å². The first kappa shape index (κ1) is 12.9. The molecule has 4 heteroatoms. The molecular formula is C9H20O3S. The van der Waals surface area contributed by atoms with Crippen molar-refractivity contribution in [1.82, 2.24) is 0 Å². The highest BCUT2D eigenvalue weighted by molar-refractivity contribution is 7.87. The molecule has 0 radical (unpaired) electrons. The first-order valence-electron chi connectivity index (χ1n) is 4.49. The highest BCUT2D eigenvalue weighted by Gasteiger charge is 2.37. The summed E-state index contributed by atoms with van der Waals surface area (Å²) in [5.41, 5.74) is -0.0562. The zero-order valence-electron chi connectivity index (χ0n) is 9.09. The summed E-state index contributed by atoms with van der Waals surface area (Å²) in [5.74, 6) is 0. The van der Waals surface area contributed by atoms with Gasteiger partial charge in [-0.05, 0) is 25.7 Å². The van der Waals surface area contributed by atoms with Crippen molar-refractivity contribution < 1.29 is 13.0 Å². The predicted molar refractivity (Wildman–Crippen MR) is 54.3 cm³/mol. The molecule has 13 heavy (non-hydrogen) atoms. The van der Waals surface area contributed by atoms with Gasteiger partial charge in [-0.25, -0.2) is 0 Å². The minimum atomic E-state index is -3.95. The van der Waals surface area contributed by atoms with E-state index in [4.69, 9.17) is 4.55 Å². The molecule has 0 amide bonds. The lowest BCUT2D eigenvalue weighted by Gasteiger charge is -2.31. The van der Waals surface area contributed by atoms with Crippen LogP contribution in [-0.2, 0) is 10.1 Å². The number of hydrogen-bond donors (Lipinski definition) is 1. The molecule has 0 aliphatic heterocycles. The Bertz CT molecular complexity index is 263. The Morgan fingerprint density at radius 2 is 1.54 bits per heavy atom. The third-order valence-corrected chi connectivity index (χ3v) is 4.10. The van der Waals surface area contributed by atoms with Crippen LogP contribution in [0.25, 0.3) is 0 Å². The van der Waals surface area contributed by atoms with E-state index >= 15 is 0 Å². The van der Waals surface area contributed by atoms with Crippen LogP contribution >= 0.6 is 0 Å². The van der Waals surface area contributed by atoms with E-state index in [-0.39, 0.29) is 5.41 Å². The standard InChI is InChI=1S/C9H20O3S/c1-6-8(2,3)7-9(4,5)13(10,11)12/h6-7H2,1-5H3,(H,10,11,12). The average molecular weight is 208 g/mol. The first-order valence-corrected chi connectivity index (χ1v) is 5.93. The van der Waals surface area contributed by atoms with E-state index < -0.39 is 14.9 Å². The second-order valence-electron chi connectivity index (χ2n) is 4.93. The summed E-state index contributed by atoms with van der Waals surface area (Å²) in [4.78, 5) is 0. The minimum absolute atomic E-state index is 0.0562. The van der Waals surface area contributed by atoms with Gasteiger partial charge in [-0.2, -0.15) is 8.42 Å². The van der Waals surface area contributed by atoms with E-state index in [9.17, 15) is 8.42 Å². The lowest BCUT2D eigenvalue weighted by molar-refractivity contribution is 0.276. The van der Waals surface area contributed by atoms with Crippen LogP contribution in [0.2, 0.25) is 0 Å². The maximum atomic E-state index is 11.0. The molecule has 0 heterocycles. The molecule has 80 valence electrons. The van der Waals surface area contributed by atoms with Gasteiger partial charge in [-0.15, -0.1) is 0 Å². The van der Waals surface area contributed by atoms with Crippen LogP contribution in [0.1, 0.15) is 47.5 Å². The van der Waals surface area contributed by atoms with Gasteiger partial charge in [-0.1, -0.05) is 27.2 Å². The van der Waals surface area contributed by atoms with Gasteiger partial charge in [0.05, 0.1) is 4.75 Å². The highest BCUT2D eigenvalue weighted by Crippen LogP contribution is 2.34. The summed E-state index contributed by atoms with van der Waals surface area (Å²) in [6.45, 7) is 9.12. The predicted octanol–water partition coefficient (Wildman–Crippen LogP) is 2.48. The summed E-state index contributed by atoms with van der Waals surface area (Å²) in [5, 5.41) is 0. The van der Waals surface area contributed by atoms with Gasteiger partial charge < -0.3 is 0 Å². The monoisotopic (exact) mass is 208 g/mol. The normalized spacial score (nSPS) is 14.6. The molecular weight excluding hydrogens is 188 g/mol. The Morgan fingerprint density at radius 1 is 1.15 bits per heavy atom. The lowest BCUT2D eigenvalue weighted by Crippen LogP contribution is -2.36. The molecule has 0 aromatic heterocycles. The minimum Gasteiger partial charge on any atom is -0.285 e.